The smallest absolute Gasteiger partial charge is 0.328 e. The number of hydrogen-bond acceptors (Lipinski definition) is 11. The number of aromatic hydroxyl groups is 1. The Labute approximate surface area is 356 Å². The lowest BCUT2D eigenvalue weighted by Crippen LogP contribution is -2.51. The second-order valence-electron chi connectivity index (χ2n) is 16.2. The molecule has 3 rings (SSSR count). The van der Waals surface area contributed by atoms with E-state index >= 15 is 0 Å². The van der Waals surface area contributed by atoms with Gasteiger partial charge in [-0.15, -0.1) is 0 Å². The first-order valence-electron chi connectivity index (χ1n) is 22.4. The molecule has 0 aliphatic carbocycles. The van der Waals surface area contributed by atoms with E-state index in [1.807, 2.05) is 0 Å². The highest BCUT2D eigenvalue weighted by molar-refractivity contribution is 6.01. The predicted molar refractivity (Wildman–Crippen MR) is 227 cm³/mol. The highest BCUT2D eigenvalue weighted by Gasteiger charge is 2.38. The van der Waals surface area contributed by atoms with Crippen molar-refractivity contribution in [1.29, 1.82) is 0 Å². The molecule has 0 radical (unpaired) electrons. The lowest BCUT2D eigenvalue weighted by atomic mass is 10.00. The molecular weight excluding hydrogens is 771 g/mol. The van der Waals surface area contributed by atoms with Crippen LogP contribution in [0.2, 0.25) is 0 Å². The summed E-state index contributed by atoms with van der Waals surface area (Å²) < 4.78 is 11.7. The van der Waals surface area contributed by atoms with Gasteiger partial charge in [-0.25, -0.2) is 19.9 Å². The Balaban J connectivity index is 1.55. The largest absolute Gasteiger partial charge is 0.507 e. The number of nitrogens with zero attached hydrogens (tertiary/aromatic N) is 3. The molecule has 336 valence electrons. The number of hydrogen-bond donors (Lipinski definition) is 5. The maximum Gasteiger partial charge on any atom is 0.328 e. The summed E-state index contributed by atoms with van der Waals surface area (Å²) in [5.74, 6) is -3.91. The molecule has 0 aromatic heterocycles. The van der Waals surface area contributed by atoms with Crippen LogP contribution in [0, 0.1) is 5.92 Å². The van der Waals surface area contributed by atoms with Crippen molar-refractivity contribution in [3.8, 4) is 5.75 Å². The number of nitrogens with one attached hydrogen (secondary N) is 2. The van der Waals surface area contributed by atoms with Crippen LogP contribution in [0.5, 0.6) is 5.75 Å². The maximum atomic E-state index is 13.8. The summed E-state index contributed by atoms with van der Waals surface area (Å²) in [6, 6.07) is 3.29. The standard InChI is InChI=1S/C45H71N5O10/c1-5-7-8-9-10-11-12-13-14-15-16-17-18-29-39(52)49(57)30-23-22-27-36(47-42(54)40-33(4)59-43(48-40)34-25-19-20-28-37(34)51)45(56)60-38(6-2)32(3)41(53)46-35-26-21-24-31-50(58)44(35)55/h18-20,25,28-29,32-33,35-36,38,40,51,57-58H,5-17,21-24,26-27,30-31H2,1-4H3,(H,46,53)(H,47,54)/b29-18-/t32-,33+,35-,36-,38+,40-/m0/s1. The highest BCUT2D eigenvalue weighted by atomic mass is 16.5. The number of esters is 1. The van der Waals surface area contributed by atoms with Crippen LogP contribution in [0.15, 0.2) is 41.4 Å². The third-order valence-corrected chi connectivity index (χ3v) is 11.2. The average molecular weight is 842 g/mol. The molecule has 2 heterocycles. The molecule has 2 aliphatic heterocycles. The molecule has 4 amide bonds. The van der Waals surface area contributed by atoms with Crippen molar-refractivity contribution in [3.05, 3.63) is 42.0 Å². The number of hydroxylamine groups is 4. The van der Waals surface area contributed by atoms with Crippen molar-refractivity contribution >= 4 is 35.5 Å². The van der Waals surface area contributed by atoms with Gasteiger partial charge in [0.05, 0.1) is 11.5 Å². The first-order valence-corrected chi connectivity index (χ1v) is 22.4. The summed E-state index contributed by atoms with van der Waals surface area (Å²) in [4.78, 5) is 70.2. The molecule has 0 unspecified atom stereocenters. The average Bonchev–Trinajstić information content (AvgIpc) is 3.56. The number of para-hydroxylation sites is 1. The molecule has 15 nitrogen and oxygen atoms in total. The Kier molecular flexibility index (Phi) is 22.7. The third-order valence-electron chi connectivity index (χ3n) is 11.2. The first-order chi connectivity index (χ1) is 28.9. The number of benzene rings is 1. The van der Waals surface area contributed by atoms with Gasteiger partial charge in [-0.05, 0) is 76.8 Å². The minimum atomic E-state index is -1.18. The van der Waals surface area contributed by atoms with E-state index in [-0.39, 0.29) is 37.6 Å². The molecule has 1 saturated heterocycles. The van der Waals surface area contributed by atoms with Gasteiger partial charge in [0.15, 0.2) is 6.04 Å². The SMILES string of the molecule is CCCCCCCCCCCCC/C=C\C(=O)N(O)CCCC[C@H](NC(=O)[C@H]1N=C(c2ccccc2O)O[C@@H]1C)C(=O)O[C@H](CC)[C@H](C)C(=O)N[C@H]1CCCCN(O)C1=O. The minimum absolute atomic E-state index is 0.000993. The van der Waals surface area contributed by atoms with Crippen LogP contribution in [0.25, 0.3) is 0 Å². The third kappa shape index (κ3) is 16.9. The minimum Gasteiger partial charge on any atom is -0.507 e. The monoisotopic (exact) mass is 842 g/mol. The van der Waals surface area contributed by atoms with Crippen LogP contribution >= 0.6 is 0 Å². The summed E-state index contributed by atoms with van der Waals surface area (Å²) in [7, 11) is 0. The van der Waals surface area contributed by atoms with Gasteiger partial charge in [0.25, 0.3) is 11.8 Å². The molecule has 0 spiro atoms. The molecule has 1 aromatic carbocycles. The second-order valence-corrected chi connectivity index (χ2v) is 16.2. The van der Waals surface area contributed by atoms with E-state index in [0.29, 0.717) is 47.8 Å². The molecule has 6 atom stereocenters. The van der Waals surface area contributed by atoms with Crippen LogP contribution in [-0.4, -0.2) is 105 Å². The van der Waals surface area contributed by atoms with E-state index < -0.39 is 65.8 Å². The number of rotatable bonds is 27. The van der Waals surface area contributed by atoms with E-state index in [2.05, 4.69) is 22.5 Å². The van der Waals surface area contributed by atoms with Crippen LogP contribution < -0.4 is 10.6 Å². The number of carbonyl (C=O) groups is 5. The summed E-state index contributed by atoms with van der Waals surface area (Å²) in [5.41, 5.74) is 0.318. The van der Waals surface area contributed by atoms with Crippen molar-refractivity contribution in [1.82, 2.24) is 20.8 Å². The number of aliphatic imine (C=N–C) groups is 1. The molecule has 1 aromatic rings. The van der Waals surface area contributed by atoms with Crippen LogP contribution in [0.4, 0.5) is 0 Å². The fraction of sp³-hybridized carbons (Fsp3) is 0.689. The topological polar surface area (TPSA) is 207 Å². The van der Waals surface area contributed by atoms with Gasteiger partial charge in [0.2, 0.25) is 17.7 Å². The van der Waals surface area contributed by atoms with Gasteiger partial charge >= 0.3 is 5.97 Å². The number of amides is 4. The molecule has 60 heavy (non-hydrogen) atoms. The maximum absolute atomic E-state index is 13.8. The van der Waals surface area contributed by atoms with Crippen LogP contribution in [0.3, 0.4) is 0 Å². The zero-order valence-electron chi connectivity index (χ0n) is 36.3. The molecular formula is C45H71N5O10. The quantitative estimate of drug-likeness (QED) is 0.0204. The lowest BCUT2D eigenvalue weighted by Gasteiger charge is -2.27. The lowest BCUT2D eigenvalue weighted by molar-refractivity contribution is -0.167. The van der Waals surface area contributed by atoms with Gasteiger partial charge in [-0.2, -0.15) is 0 Å². The van der Waals surface area contributed by atoms with Gasteiger partial charge in [0, 0.05) is 19.2 Å². The van der Waals surface area contributed by atoms with Gasteiger partial charge in [-0.1, -0.05) is 103 Å². The fourth-order valence-corrected chi connectivity index (χ4v) is 7.38. The normalized spacial score (nSPS) is 19.5. The van der Waals surface area contributed by atoms with Gasteiger partial charge < -0.3 is 25.2 Å². The predicted octanol–water partition coefficient (Wildman–Crippen LogP) is 6.90. The second kappa shape index (κ2) is 27.4. The number of unbranched alkanes of at least 4 members (excludes halogenated alkanes) is 12. The molecule has 0 saturated carbocycles. The fourth-order valence-electron chi connectivity index (χ4n) is 7.38. The van der Waals surface area contributed by atoms with Crippen molar-refractivity contribution in [2.45, 2.75) is 180 Å². The highest BCUT2D eigenvalue weighted by Crippen LogP contribution is 2.25. The van der Waals surface area contributed by atoms with Crippen molar-refractivity contribution in [2.75, 3.05) is 13.1 Å². The van der Waals surface area contributed by atoms with Gasteiger partial charge in [0.1, 0.15) is 30.0 Å². The molecule has 0 bridgehead atoms. The molecule has 2 aliphatic rings. The Morgan fingerprint density at radius 1 is 0.983 bits per heavy atom. The number of phenolic OH excluding ortho intramolecular Hbond substituents is 1. The Morgan fingerprint density at radius 2 is 1.65 bits per heavy atom. The van der Waals surface area contributed by atoms with E-state index in [1.165, 1.54) is 69.9 Å². The van der Waals surface area contributed by atoms with Crippen molar-refractivity contribution < 1.29 is 49.0 Å². The van der Waals surface area contributed by atoms with Crippen LogP contribution in [-0.2, 0) is 33.4 Å². The summed E-state index contributed by atoms with van der Waals surface area (Å²) in [6.07, 6.45) is 18.5. The zero-order chi connectivity index (χ0) is 43.9. The van der Waals surface area contributed by atoms with E-state index in [4.69, 9.17) is 9.47 Å². The zero-order valence-corrected chi connectivity index (χ0v) is 36.3. The molecule has 1 fully saturated rings. The first kappa shape index (κ1) is 49.9. The van der Waals surface area contributed by atoms with Crippen LogP contribution in [0.1, 0.15) is 155 Å². The molecule has 15 heteroatoms. The van der Waals surface area contributed by atoms with Crippen molar-refractivity contribution in [2.24, 2.45) is 10.9 Å². The summed E-state index contributed by atoms with van der Waals surface area (Å²) in [5, 5.41) is 37.4. The summed E-state index contributed by atoms with van der Waals surface area (Å²) >= 11 is 0. The Bertz CT molecular complexity index is 1570. The molecule has 5 N–H and O–H groups in total. The van der Waals surface area contributed by atoms with Gasteiger partial charge in [-0.3, -0.25) is 29.6 Å². The van der Waals surface area contributed by atoms with Crippen molar-refractivity contribution in [3.63, 3.8) is 0 Å². The number of ether oxygens (including phenoxy) is 2. The van der Waals surface area contributed by atoms with E-state index in [9.17, 15) is 39.5 Å². The van der Waals surface area contributed by atoms with E-state index in [0.717, 1.165) is 19.3 Å². The number of allylic oxidation sites excluding steroid dienone is 1. The Hall–Kier alpha value is -4.50. The number of phenols is 1. The summed E-state index contributed by atoms with van der Waals surface area (Å²) in [6.45, 7) is 7.38. The Morgan fingerprint density at radius 3 is 2.32 bits per heavy atom. The van der Waals surface area contributed by atoms with E-state index in [1.54, 1.807) is 45.0 Å². The number of carbonyl (C=O) groups excluding carboxylic acids is 5.